The molecule has 0 aliphatic carbocycles. The standard InChI is InChI=1S/C85H127N13O40S8/c1-3-25-86-82(99)63-52-72(127-33-8-5-22-67-60-96(93-90-67)29-11-26-87-83(100)64-54-70(129-36-14-44-139(103,104)105)78(135-32-4-2)71(55-64)130-37-15-45-140(106,107)108)79(136-35-10-7-24-69-62-98(95-92-69)31-13-28-89-85(102)66-58-76(133-40-18-48-143(115,116)117)81(138-43-21-51-146(124,125)126)77(59-66)134-41-19-49-144(118,119)120)73(53-63)128-34-9-6-23-68-61-97(94-91-68)30-12-27-88-84(101)65-56-74(131-38-16-46-141(109,110)111)80(137-42-20-50-145(121,122)123)75(57-65)132-39-17-47-142(112,113)114/h52-62H,3-51H2,1-2H3,(H,86,99)(H,87,100)(H,88,101)(H,89,102)(H,103,104,105)(H,106,107,108)(H,109,110,111)(H,112,113,114)(H,115,116,117)(H,118,119,120)(H,121,122,123)(H,124,125,126). The first kappa shape index (κ1) is 122. The molecule has 12 N–H and O–H groups in total. The number of carbonyl (C=O) groups excluding carboxylic acids is 4. The zero-order valence-corrected chi connectivity index (χ0v) is 87.0. The predicted octanol–water partition coefficient (Wildman–Crippen LogP) is 5.31. The molecule has 0 fully saturated rings. The van der Waals surface area contributed by atoms with Gasteiger partial charge in [0.1, 0.15) is 0 Å². The average molecular weight is 2230 g/mol. The van der Waals surface area contributed by atoms with E-state index in [4.69, 9.17) is 56.8 Å². The van der Waals surface area contributed by atoms with Gasteiger partial charge in [0.2, 0.25) is 23.0 Å². The van der Waals surface area contributed by atoms with E-state index in [2.05, 4.69) is 52.2 Å². The van der Waals surface area contributed by atoms with Crippen LogP contribution in [0.2, 0.25) is 0 Å². The zero-order chi connectivity index (χ0) is 107. The van der Waals surface area contributed by atoms with Crippen molar-refractivity contribution in [3.05, 3.63) is 106 Å². The second-order valence-corrected chi connectivity index (χ2v) is 45.5. The summed E-state index contributed by atoms with van der Waals surface area (Å²) in [7, 11) is -35.1. The van der Waals surface area contributed by atoms with E-state index < -0.39 is 151 Å². The van der Waals surface area contributed by atoms with Gasteiger partial charge in [-0.1, -0.05) is 29.5 Å². The van der Waals surface area contributed by atoms with Crippen LogP contribution in [0.5, 0.6) is 69.0 Å². The molecule has 7 aromatic rings. The maximum absolute atomic E-state index is 13.9. The maximum Gasteiger partial charge on any atom is 0.264 e. The first-order chi connectivity index (χ1) is 69.0. The van der Waals surface area contributed by atoms with Crippen molar-refractivity contribution >= 4 is 105 Å². The Labute approximate surface area is 846 Å². The highest BCUT2D eigenvalue weighted by Gasteiger charge is 2.28. The van der Waals surface area contributed by atoms with Gasteiger partial charge in [0, 0.05) is 86.7 Å². The van der Waals surface area contributed by atoms with Crippen LogP contribution >= 0.6 is 0 Å². The Balaban J connectivity index is 1.00. The summed E-state index contributed by atoms with van der Waals surface area (Å²) >= 11 is 0. The second kappa shape index (κ2) is 61.1. The van der Waals surface area contributed by atoms with Crippen LogP contribution in [0.3, 0.4) is 0 Å². The molecule has 0 unspecified atom stereocenters. The molecule has 3 heterocycles. The molecular weight excluding hydrogens is 2100 g/mol. The first-order valence-corrected chi connectivity index (χ1v) is 59.5. The van der Waals surface area contributed by atoms with Gasteiger partial charge in [-0.15, -0.1) is 15.3 Å². The quantitative estimate of drug-likeness (QED) is 0.0170. The molecule has 0 aliphatic rings. The van der Waals surface area contributed by atoms with Crippen LogP contribution in [0.15, 0.2) is 67.1 Å². The molecule has 0 saturated heterocycles. The number of benzene rings is 4. The van der Waals surface area contributed by atoms with Gasteiger partial charge < -0.3 is 78.1 Å². The highest BCUT2D eigenvalue weighted by molar-refractivity contribution is 7.87. The van der Waals surface area contributed by atoms with E-state index in [0.29, 0.717) is 120 Å². The number of aromatic nitrogens is 9. The molecule has 0 spiro atoms. The van der Waals surface area contributed by atoms with Gasteiger partial charge in [0.15, 0.2) is 46.0 Å². The lowest BCUT2D eigenvalue weighted by Gasteiger charge is -2.19. The smallest absolute Gasteiger partial charge is 0.264 e. The van der Waals surface area contributed by atoms with E-state index in [9.17, 15) is 123 Å². The minimum Gasteiger partial charge on any atom is -0.490 e. The average Bonchev–Trinajstić information content (AvgIpc) is 0.987. The third-order valence-corrected chi connectivity index (χ3v) is 26.5. The molecular formula is C85H127N13O40S8. The van der Waals surface area contributed by atoms with Crippen molar-refractivity contribution in [2.45, 2.75) is 175 Å². The van der Waals surface area contributed by atoms with Crippen molar-refractivity contribution < 1.29 is 180 Å². The third-order valence-electron chi connectivity index (χ3n) is 20.1. The number of hydrogen-bond donors (Lipinski definition) is 12. The molecule has 0 atom stereocenters. The summed E-state index contributed by atoms with van der Waals surface area (Å²) < 4.78 is 334. The highest BCUT2D eigenvalue weighted by atomic mass is 32.2. The van der Waals surface area contributed by atoms with Gasteiger partial charge in [-0.25, -0.2) is 0 Å². The Bertz CT molecular complexity index is 6130. The lowest BCUT2D eigenvalue weighted by atomic mass is 10.1. The number of nitrogens with zero attached hydrogens (tertiary/aromatic N) is 9. The van der Waals surface area contributed by atoms with E-state index >= 15 is 0 Å². The fourth-order valence-corrected chi connectivity index (χ4v) is 17.1. The molecule has 146 heavy (non-hydrogen) atoms. The minimum absolute atomic E-state index is 0.0119. The van der Waals surface area contributed by atoms with Crippen molar-refractivity contribution in [2.24, 2.45) is 0 Å². The van der Waals surface area contributed by atoms with Gasteiger partial charge >= 0.3 is 0 Å². The molecule has 0 saturated carbocycles. The summed E-state index contributed by atoms with van der Waals surface area (Å²) in [5.41, 5.74) is 2.01. The summed E-state index contributed by atoms with van der Waals surface area (Å²) in [6.45, 7) is 3.28. The van der Waals surface area contributed by atoms with Gasteiger partial charge in [-0.2, -0.15) is 67.3 Å². The van der Waals surface area contributed by atoms with Crippen molar-refractivity contribution in [1.29, 1.82) is 0 Å². The minimum atomic E-state index is -4.41. The van der Waals surface area contributed by atoms with Crippen LogP contribution < -0.4 is 78.1 Å². The van der Waals surface area contributed by atoms with Crippen LogP contribution in [-0.2, 0) is 120 Å². The van der Waals surface area contributed by atoms with Crippen LogP contribution in [0.4, 0.5) is 0 Å². The van der Waals surface area contributed by atoms with E-state index in [-0.39, 0.29) is 255 Å². The van der Waals surface area contributed by atoms with E-state index in [1.165, 1.54) is 36.4 Å². The van der Waals surface area contributed by atoms with Crippen molar-refractivity contribution in [2.75, 3.05) is 151 Å². The Morgan fingerprint density at radius 2 is 0.432 bits per heavy atom. The van der Waals surface area contributed by atoms with Gasteiger partial charge in [-0.05, 0) is 190 Å². The molecule has 7 rings (SSSR count). The molecule has 3 aromatic heterocycles. The number of aryl methyl sites for hydroxylation is 6. The van der Waals surface area contributed by atoms with Crippen molar-refractivity contribution in [3.8, 4) is 69.0 Å². The van der Waals surface area contributed by atoms with Crippen LogP contribution in [0.25, 0.3) is 0 Å². The Kier molecular flexibility index (Phi) is 51.1. The lowest BCUT2D eigenvalue weighted by Crippen LogP contribution is -2.25. The number of carbonyl (C=O) groups is 4. The SMILES string of the molecule is CCCNC(=O)c1cc(OCCCCc2cn(CCCNC(=O)c3cc(OCCCS(=O)(=O)O)c(OCCC)c(OCCCS(=O)(=O)O)c3)nn2)c(OCCCCc2cn(CCCNC(=O)c3cc(OCCCS(=O)(=O)O)c(OCCCS(=O)(=O)O)c(OCCCS(=O)(=O)O)c3)nn2)c(OCCCCc2cn(CCCNC(=O)c3cc(OCCCS(=O)(=O)O)c(OCCCS(=O)(=O)O)c(OCCCS(=O)(=O)O)c3)nn2)c1. The zero-order valence-electron chi connectivity index (χ0n) is 80.4. The Hall–Kier alpha value is -10.9. The van der Waals surface area contributed by atoms with Crippen LogP contribution in [0, 0.1) is 0 Å². The molecule has 61 heteroatoms. The van der Waals surface area contributed by atoms with E-state index in [1.54, 1.807) is 44.8 Å². The molecule has 820 valence electrons. The molecule has 0 radical (unpaired) electrons. The summed E-state index contributed by atoms with van der Waals surface area (Å²) in [6, 6.07) is 10.8. The molecule has 4 amide bonds. The van der Waals surface area contributed by atoms with Crippen molar-refractivity contribution in [1.82, 2.24) is 66.2 Å². The topological polar surface area (TPSA) is 754 Å². The Morgan fingerprint density at radius 1 is 0.247 bits per heavy atom. The molecule has 0 bridgehead atoms. The lowest BCUT2D eigenvalue weighted by molar-refractivity contribution is 0.0943. The fraction of sp³-hybridized carbons (Fsp3) is 0.600. The number of unbranched alkanes of at least 4 members (excludes halogenated alkanes) is 3. The highest BCUT2D eigenvalue weighted by Crippen LogP contribution is 2.44. The summed E-state index contributed by atoms with van der Waals surface area (Å²) in [6.07, 6.45) is 10.2. The van der Waals surface area contributed by atoms with Crippen molar-refractivity contribution in [3.63, 3.8) is 0 Å². The van der Waals surface area contributed by atoms with Gasteiger partial charge in [0.05, 0.1) is 142 Å². The largest absolute Gasteiger partial charge is 0.490 e. The molecule has 0 aliphatic heterocycles. The monoisotopic (exact) mass is 2230 g/mol. The predicted molar refractivity (Wildman–Crippen MR) is 523 cm³/mol. The summed E-state index contributed by atoms with van der Waals surface area (Å²) in [5.74, 6) is -8.16. The molecule has 53 nitrogen and oxygen atoms in total. The Morgan fingerprint density at radius 3 is 0.630 bits per heavy atom. The van der Waals surface area contributed by atoms with E-state index in [0.717, 1.165) is 0 Å². The van der Waals surface area contributed by atoms with Gasteiger partial charge in [-0.3, -0.25) is 69.6 Å². The summed E-state index contributed by atoms with van der Waals surface area (Å²) in [5, 5.41) is 37.1. The number of rotatable bonds is 79. The third kappa shape index (κ3) is 51.1. The fourth-order valence-electron chi connectivity index (χ4n) is 13.3. The second-order valence-electron chi connectivity index (χ2n) is 32.9. The molecule has 4 aromatic carbocycles. The van der Waals surface area contributed by atoms with Crippen LogP contribution in [0.1, 0.15) is 194 Å². The summed E-state index contributed by atoms with van der Waals surface area (Å²) in [4.78, 5) is 55.0. The first-order valence-electron chi connectivity index (χ1n) is 46.6. The normalized spacial score (nSPS) is 12.2. The van der Waals surface area contributed by atoms with Crippen LogP contribution in [-0.4, -0.2) is 324 Å². The number of ether oxygens (including phenoxy) is 12. The number of amides is 4. The van der Waals surface area contributed by atoms with E-state index in [1.807, 2.05) is 13.8 Å². The maximum atomic E-state index is 13.9. The number of hydrogen-bond acceptors (Lipinski definition) is 38. The van der Waals surface area contributed by atoms with Gasteiger partial charge in [0.25, 0.3) is 105 Å². The number of nitrogens with one attached hydrogen (secondary N) is 4.